The van der Waals surface area contributed by atoms with Gasteiger partial charge in [0.1, 0.15) is 0 Å². The van der Waals surface area contributed by atoms with Gasteiger partial charge in [0.2, 0.25) is 0 Å². The molecule has 0 bridgehead atoms. The Kier molecular flexibility index (Phi) is 1.82. The molecule has 0 unspecified atom stereocenters. The van der Waals surface area contributed by atoms with E-state index in [2.05, 4.69) is 0 Å². The Balaban J connectivity index is 3.00. The summed E-state index contributed by atoms with van der Waals surface area (Å²) in [6, 6.07) is 2.00. The van der Waals surface area contributed by atoms with Gasteiger partial charge in [-0.05, 0) is 0 Å². The van der Waals surface area contributed by atoms with E-state index in [1.165, 1.54) is 0 Å². The Morgan fingerprint density at radius 2 is 2.50 bits per heavy atom. The number of rotatable bonds is 1. The van der Waals surface area contributed by atoms with E-state index in [1.54, 1.807) is 6.26 Å². The van der Waals surface area contributed by atoms with Crippen LogP contribution in [0.15, 0.2) is 16.7 Å². The fourth-order valence-electron chi connectivity index (χ4n) is 0.539. The topological polar surface area (TPSA) is 13.1 Å². The average molecular weight is 142 g/mol. The summed E-state index contributed by atoms with van der Waals surface area (Å²) >= 11 is 1.99. The zero-order valence-electron chi connectivity index (χ0n) is 4.64. The Bertz CT molecular complexity index is 190. The summed E-state index contributed by atoms with van der Waals surface area (Å²) < 4.78 is 7.03. The van der Waals surface area contributed by atoms with E-state index in [1.807, 2.05) is 37.3 Å². The molecule has 0 N–H and O–H groups in total. The standard InChI is InChI=1S/C6H6O.Ti/c1-5-3-6(2)7-4-5;/h1,3-4H,2H3;. The summed E-state index contributed by atoms with van der Waals surface area (Å²) in [6.45, 7) is 1.94. The van der Waals surface area contributed by atoms with Gasteiger partial charge in [0.15, 0.2) is 0 Å². The minimum atomic E-state index is 0.970. The van der Waals surface area contributed by atoms with Crippen LogP contribution in [-0.4, -0.2) is 4.31 Å². The number of hydrogen-bond donors (Lipinski definition) is 0. The minimum absolute atomic E-state index is 0.970. The van der Waals surface area contributed by atoms with E-state index < -0.39 is 0 Å². The van der Waals surface area contributed by atoms with Crippen molar-refractivity contribution in [3.05, 3.63) is 23.7 Å². The van der Waals surface area contributed by atoms with E-state index in [0.29, 0.717) is 0 Å². The summed E-state index contributed by atoms with van der Waals surface area (Å²) in [5.41, 5.74) is 1.16. The van der Waals surface area contributed by atoms with Crippen LogP contribution in [-0.2, 0) is 20.0 Å². The molecule has 0 radical (unpaired) electrons. The third kappa shape index (κ3) is 1.18. The first-order chi connectivity index (χ1) is 3.83. The van der Waals surface area contributed by atoms with Crippen LogP contribution < -0.4 is 0 Å². The van der Waals surface area contributed by atoms with Gasteiger partial charge in [0.05, 0.1) is 0 Å². The molecule has 0 aromatic carbocycles. The quantitative estimate of drug-likeness (QED) is 0.538. The maximum atomic E-state index is 5.02. The van der Waals surface area contributed by atoms with Crippen LogP contribution in [0.1, 0.15) is 11.3 Å². The van der Waals surface area contributed by atoms with Crippen LogP contribution in [0.4, 0.5) is 0 Å². The molecule has 0 aliphatic carbocycles. The van der Waals surface area contributed by atoms with Crippen LogP contribution in [0, 0.1) is 6.92 Å². The fourth-order valence-corrected chi connectivity index (χ4v) is 0.776. The van der Waals surface area contributed by atoms with Crippen molar-refractivity contribution in [2.24, 2.45) is 0 Å². The molecular weight excluding hydrogens is 136 g/mol. The fraction of sp³-hybridized carbons (Fsp3) is 0.167. The second-order valence-corrected chi connectivity index (χ2v) is 2.09. The molecule has 1 rings (SSSR count). The summed E-state index contributed by atoms with van der Waals surface area (Å²) in [4.78, 5) is 0. The molecule has 1 aromatic heterocycles. The Morgan fingerprint density at radius 3 is 2.75 bits per heavy atom. The van der Waals surface area contributed by atoms with Gasteiger partial charge >= 0.3 is 59.3 Å². The van der Waals surface area contributed by atoms with Crippen LogP contribution in [0.3, 0.4) is 0 Å². The molecule has 0 saturated heterocycles. The van der Waals surface area contributed by atoms with Gasteiger partial charge in [-0.1, -0.05) is 0 Å². The number of aryl methyl sites for hydroxylation is 1. The molecule has 0 aliphatic rings. The van der Waals surface area contributed by atoms with E-state index in [9.17, 15) is 0 Å². The zero-order valence-corrected chi connectivity index (χ0v) is 6.20. The predicted octanol–water partition coefficient (Wildman–Crippen LogP) is 1.29. The molecule has 1 aromatic rings. The van der Waals surface area contributed by atoms with Crippen molar-refractivity contribution in [1.29, 1.82) is 0 Å². The van der Waals surface area contributed by atoms with E-state index in [0.717, 1.165) is 11.3 Å². The van der Waals surface area contributed by atoms with Crippen molar-refractivity contribution in [3.8, 4) is 0 Å². The molecule has 40 valence electrons. The van der Waals surface area contributed by atoms with Crippen molar-refractivity contribution in [3.63, 3.8) is 0 Å². The van der Waals surface area contributed by atoms with Crippen LogP contribution in [0.25, 0.3) is 0 Å². The Labute approximate surface area is 59.6 Å². The molecule has 0 fully saturated rings. The van der Waals surface area contributed by atoms with Crippen molar-refractivity contribution in [2.45, 2.75) is 6.92 Å². The molecule has 0 amide bonds. The number of furan rings is 1. The summed E-state index contributed by atoms with van der Waals surface area (Å²) in [5, 5.41) is 0. The molecule has 1 nitrogen and oxygen atoms in total. The third-order valence-electron chi connectivity index (χ3n) is 0.917. The summed E-state index contributed by atoms with van der Waals surface area (Å²) in [5.74, 6) is 0.970. The number of hydrogen-bond acceptors (Lipinski definition) is 1. The molecule has 0 aliphatic heterocycles. The van der Waals surface area contributed by atoms with Crippen molar-refractivity contribution < 1.29 is 24.4 Å². The van der Waals surface area contributed by atoms with Gasteiger partial charge in [-0.2, -0.15) is 0 Å². The molecular formula is C6H6OTi. The first-order valence-electron chi connectivity index (χ1n) is 2.38. The maximum absolute atomic E-state index is 5.02. The van der Waals surface area contributed by atoms with E-state index in [4.69, 9.17) is 4.42 Å². The van der Waals surface area contributed by atoms with Gasteiger partial charge in [-0.3, -0.25) is 0 Å². The molecule has 2 heteroatoms. The van der Waals surface area contributed by atoms with E-state index in [-0.39, 0.29) is 0 Å². The molecule has 1 heterocycles. The molecule has 0 saturated carbocycles. The van der Waals surface area contributed by atoms with Gasteiger partial charge in [-0.15, -0.1) is 0 Å². The van der Waals surface area contributed by atoms with Gasteiger partial charge in [0, 0.05) is 0 Å². The van der Waals surface area contributed by atoms with Crippen molar-refractivity contribution in [2.75, 3.05) is 0 Å². The Hall–Kier alpha value is -0.136. The predicted molar refractivity (Wildman–Crippen MR) is 28.6 cm³/mol. The monoisotopic (exact) mass is 142 g/mol. The second-order valence-electron chi connectivity index (χ2n) is 1.64. The van der Waals surface area contributed by atoms with Crippen LogP contribution in [0.5, 0.6) is 0 Å². The molecule has 0 spiro atoms. The zero-order chi connectivity index (χ0) is 5.98. The normalized spacial score (nSPS) is 9.00. The first kappa shape index (κ1) is 5.99. The van der Waals surface area contributed by atoms with Crippen molar-refractivity contribution >= 4 is 4.31 Å². The Morgan fingerprint density at radius 1 is 1.75 bits per heavy atom. The van der Waals surface area contributed by atoms with Crippen molar-refractivity contribution in [1.82, 2.24) is 0 Å². The van der Waals surface area contributed by atoms with Crippen LogP contribution in [0.2, 0.25) is 0 Å². The third-order valence-corrected chi connectivity index (χ3v) is 1.44. The summed E-state index contributed by atoms with van der Waals surface area (Å²) in [7, 11) is 0. The summed E-state index contributed by atoms with van der Waals surface area (Å²) in [6.07, 6.45) is 1.75. The van der Waals surface area contributed by atoms with E-state index >= 15 is 0 Å². The van der Waals surface area contributed by atoms with Gasteiger partial charge < -0.3 is 0 Å². The first-order valence-corrected chi connectivity index (χ1v) is 3.28. The molecule has 8 heavy (non-hydrogen) atoms. The van der Waals surface area contributed by atoms with Gasteiger partial charge in [0.25, 0.3) is 0 Å². The van der Waals surface area contributed by atoms with Gasteiger partial charge in [-0.25, -0.2) is 0 Å². The molecule has 0 atom stereocenters. The average Bonchev–Trinajstić information content (AvgIpc) is 2.14. The van der Waals surface area contributed by atoms with Crippen LogP contribution >= 0.6 is 0 Å². The SMILES string of the molecule is Cc1cc([CH]=[Ti])co1. The second kappa shape index (κ2) is 2.43.